The molecule has 4 nitrogen and oxygen atoms in total. The van der Waals surface area contributed by atoms with Crippen molar-refractivity contribution in [3.63, 3.8) is 0 Å². The summed E-state index contributed by atoms with van der Waals surface area (Å²) in [4.78, 5) is 25.4. The quantitative estimate of drug-likeness (QED) is 0.896. The first-order valence-corrected chi connectivity index (χ1v) is 8.31. The summed E-state index contributed by atoms with van der Waals surface area (Å²) in [7, 11) is 0. The van der Waals surface area contributed by atoms with E-state index < -0.39 is 18.1 Å². The number of anilines is 1. The lowest BCUT2D eigenvalue weighted by Gasteiger charge is -2.32. The van der Waals surface area contributed by atoms with Gasteiger partial charge in [0.2, 0.25) is 0 Å². The van der Waals surface area contributed by atoms with Gasteiger partial charge in [0, 0.05) is 22.7 Å². The van der Waals surface area contributed by atoms with Gasteiger partial charge in [0.1, 0.15) is 6.17 Å². The van der Waals surface area contributed by atoms with Crippen LogP contribution >= 0.6 is 11.6 Å². The van der Waals surface area contributed by atoms with Gasteiger partial charge in [-0.1, -0.05) is 29.8 Å². The van der Waals surface area contributed by atoms with Crippen molar-refractivity contribution in [1.82, 2.24) is 0 Å². The third-order valence-electron chi connectivity index (χ3n) is 4.40. The van der Waals surface area contributed by atoms with E-state index >= 15 is 0 Å². The Morgan fingerprint density at radius 2 is 2.04 bits per heavy atom. The molecular formula is C19H17ClFNO3. The Morgan fingerprint density at radius 3 is 2.72 bits per heavy atom. The molecule has 2 atom stereocenters. The predicted molar refractivity (Wildman–Crippen MR) is 94.2 cm³/mol. The van der Waals surface area contributed by atoms with E-state index in [2.05, 4.69) is 0 Å². The van der Waals surface area contributed by atoms with Crippen molar-refractivity contribution >= 4 is 29.2 Å². The highest BCUT2D eigenvalue weighted by molar-refractivity contribution is 6.31. The molecule has 1 heterocycles. The Bertz CT molecular complexity index is 839. The van der Waals surface area contributed by atoms with Crippen LogP contribution in [-0.4, -0.2) is 29.7 Å². The topological polar surface area (TPSA) is 57.6 Å². The number of nitrogens with zero attached hydrogens (tertiary/aromatic N) is 1. The Hall–Kier alpha value is -2.40. The molecule has 0 saturated carbocycles. The number of amides is 1. The molecule has 130 valence electrons. The Morgan fingerprint density at radius 1 is 1.28 bits per heavy atom. The monoisotopic (exact) mass is 361 g/mol. The fraction of sp³-hybridized carbons (Fsp3) is 0.263. The van der Waals surface area contributed by atoms with Gasteiger partial charge in [-0.15, -0.1) is 0 Å². The summed E-state index contributed by atoms with van der Waals surface area (Å²) < 4.78 is 14.2. The lowest BCUT2D eigenvalue weighted by molar-refractivity contribution is -0.138. The average molecular weight is 362 g/mol. The van der Waals surface area contributed by atoms with Crippen LogP contribution in [0.3, 0.4) is 0 Å². The van der Waals surface area contributed by atoms with Gasteiger partial charge in [0.25, 0.3) is 5.91 Å². The summed E-state index contributed by atoms with van der Waals surface area (Å²) in [6.07, 6.45) is -1.04. The first kappa shape index (κ1) is 17.4. The van der Waals surface area contributed by atoms with E-state index in [-0.39, 0.29) is 18.9 Å². The number of carbonyl (C=O) groups excluding carboxylic acids is 1. The molecule has 0 fully saturated rings. The zero-order valence-corrected chi connectivity index (χ0v) is 14.3. The van der Waals surface area contributed by atoms with Crippen LogP contribution in [0.4, 0.5) is 10.1 Å². The molecule has 1 aliphatic heterocycles. The highest BCUT2D eigenvalue weighted by Crippen LogP contribution is 2.32. The van der Waals surface area contributed by atoms with Crippen LogP contribution in [-0.2, 0) is 11.2 Å². The van der Waals surface area contributed by atoms with Crippen molar-refractivity contribution in [3.05, 3.63) is 64.2 Å². The van der Waals surface area contributed by atoms with E-state index in [1.54, 1.807) is 49.4 Å². The van der Waals surface area contributed by atoms with Gasteiger partial charge in [0.05, 0.1) is 12.5 Å². The zero-order valence-electron chi connectivity index (χ0n) is 13.6. The van der Waals surface area contributed by atoms with E-state index in [1.165, 1.54) is 4.90 Å². The lowest BCUT2D eigenvalue weighted by atomic mass is 9.93. The van der Waals surface area contributed by atoms with E-state index in [4.69, 9.17) is 16.7 Å². The minimum absolute atomic E-state index is 0.0355. The fourth-order valence-electron chi connectivity index (χ4n) is 3.01. The van der Waals surface area contributed by atoms with Crippen LogP contribution in [0.2, 0.25) is 5.02 Å². The molecular weight excluding hydrogens is 345 g/mol. The van der Waals surface area contributed by atoms with Crippen molar-refractivity contribution < 1.29 is 19.1 Å². The largest absolute Gasteiger partial charge is 0.481 e. The number of halogens is 2. The maximum absolute atomic E-state index is 14.2. The molecule has 1 N–H and O–H groups in total. The Balaban J connectivity index is 1.99. The normalized spacial score (nSPS) is 17.7. The van der Waals surface area contributed by atoms with Gasteiger partial charge in [-0.05, 0) is 42.3 Å². The Kier molecular flexibility index (Phi) is 4.77. The van der Waals surface area contributed by atoms with Gasteiger partial charge in [-0.3, -0.25) is 9.59 Å². The summed E-state index contributed by atoms with van der Waals surface area (Å²) in [5, 5.41) is 9.59. The number of alkyl halides is 1. The molecule has 0 saturated heterocycles. The van der Waals surface area contributed by atoms with Crippen LogP contribution in [0.15, 0.2) is 42.5 Å². The summed E-state index contributed by atoms with van der Waals surface area (Å²) in [6.45, 7) is 1.54. The summed E-state index contributed by atoms with van der Waals surface area (Å²) >= 11 is 5.94. The number of hydrogen-bond acceptors (Lipinski definition) is 2. The van der Waals surface area contributed by atoms with Crippen molar-refractivity contribution in [2.24, 2.45) is 0 Å². The first-order chi connectivity index (χ1) is 11.9. The van der Waals surface area contributed by atoms with Gasteiger partial charge < -0.3 is 10.0 Å². The second-order valence-electron chi connectivity index (χ2n) is 6.18. The van der Waals surface area contributed by atoms with Crippen molar-refractivity contribution in [1.29, 1.82) is 0 Å². The number of rotatable bonds is 3. The smallest absolute Gasteiger partial charge is 0.310 e. The number of aliphatic carboxylic acids is 1. The molecule has 2 aromatic rings. The molecule has 0 radical (unpaired) electrons. The van der Waals surface area contributed by atoms with E-state index in [0.29, 0.717) is 27.4 Å². The molecule has 6 heteroatoms. The maximum atomic E-state index is 14.2. The number of carboxylic acids is 1. The van der Waals surface area contributed by atoms with Crippen LogP contribution in [0.5, 0.6) is 0 Å². The minimum Gasteiger partial charge on any atom is -0.481 e. The highest BCUT2D eigenvalue weighted by atomic mass is 35.5. The average Bonchev–Trinajstić information content (AvgIpc) is 2.59. The van der Waals surface area contributed by atoms with E-state index in [1.807, 2.05) is 0 Å². The summed E-state index contributed by atoms with van der Waals surface area (Å²) in [6, 6.07) is 11.6. The van der Waals surface area contributed by atoms with Gasteiger partial charge in [0.15, 0.2) is 0 Å². The van der Waals surface area contributed by atoms with E-state index in [9.17, 15) is 14.0 Å². The molecule has 2 unspecified atom stereocenters. The van der Waals surface area contributed by atoms with Crippen LogP contribution in [0.25, 0.3) is 0 Å². The third kappa shape index (κ3) is 3.51. The second-order valence-corrected chi connectivity index (χ2v) is 6.61. The van der Waals surface area contributed by atoms with E-state index in [0.717, 1.165) is 0 Å². The van der Waals surface area contributed by atoms with Gasteiger partial charge >= 0.3 is 5.97 Å². The van der Waals surface area contributed by atoms with Crippen LogP contribution < -0.4 is 4.90 Å². The predicted octanol–water partition coefficient (Wildman–Crippen LogP) is 4.07. The van der Waals surface area contributed by atoms with Crippen molar-refractivity contribution in [2.75, 3.05) is 11.4 Å². The number of hydrogen-bond donors (Lipinski definition) is 1. The fourth-order valence-corrected chi connectivity index (χ4v) is 3.20. The minimum atomic E-state index is -1.20. The van der Waals surface area contributed by atoms with Gasteiger partial charge in [-0.25, -0.2) is 4.39 Å². The van der Waals surface area contributed by atoms with Crippen molar-refractivity contribution in [3.8, 4) is 0 Å². The molecule has 3 rings (SSSR count). The maximum Gasteiger partial charge on any atom is 0.310 e. The van der Waals surface area contributed by atoms with Crippen LogP contribution in [0.1, 0.15) is 34.3 Å². The first-order valence-electron chi connectivity index (χ1n) is 7.94. The summed E-state index contributed by atoms with van der Waals surface area (Å²) in [5.74, 6) is -1.97. The zero-order chi connectivity index (χ0) is 18.1. The number of fused-ring (bicyclic) bond motifs is 1. The summed E-state index contributed by atoms with van der Waals surface area (Å²) in [5.41, 5.74) is 2.23. The van der Waals surface area contributed by atoms with Crippen LogP contribution in [0, 0.1) is 0 Å². The molecule has 25 heavy (non-hydrogen) atoms. The molecule has 0 aromatic heterocycles. The Labute approximate surface area is 149 Å². The number of benzene rings is 2. The number of carbonyl (C=O) groups is 2. The number of carboxylic acid groups (broad SMARTS) is 1. The molecule has 1 aliphatic rings. The second kappa shape index (κ2) is 6.84. The highest BCUT2D eigenvalue weighted by Gasteiger charge is 2.30. The third-order valence-corrected chi connectivity index (χ3v) is 4.64. The van der Waals surface area contributed by atoms with Gasteiger partial charge in [-0.2, -0.15) is 0 Å². The van der Waals surface area contributed by atoms with Crippen molar-refractivity contribution in [2.45, 2.75) is 25.4 Å². The molecule has 0 spiro atoms. The lowest BCUT2D eigenvalue weighted by Crippen LogP contribution is -2.41. The molecule has 1 amide bonds. The molecule has 2 aromatic carbocycles. The molecule has 0 aliphatic carbocycles. The SMILES string of the molecule is CC(C(=O)O)c1ccc2c(c1)CC(F)CN2C(=O)c1cccc(Cl)c1. The standard InChI is InChI=1S/C19H17ClFNO3/c1-11(19(24)25)12-5-6-17-14(7-12)9-16(21)10-22(17)18(23)13-3-2-4-15(20)8-13/h2-8,11,16H,9-10H2,1H3,(H,24,25). The molecule has 0 bridgehead atoms.